The molecule has 132 valence electrons. The van der Waals surface area contributed by atoms with E-state index in [1.807, 2.05) is 0 Å². The van der Waals surface area contributed by atoms with Crippen LogP contribution in [0, 0.1) is 0 Å². The van der Waals surface area contributed by atoms with Crippen LogP contribution in [0.3, 0.4) is 0 Å². The maximum Gasteiger partial charge on any atom is 0.433 e. The molecule has 3 heterocycles. The first-order valence-electron chi connectivity index (χ1n) is 6.58. The monoisotopic (exact) mass is 363 g/mol. The summed E-state index contributed by atoms with van der Waals surface area (Å²) < 4.78 is 83.7. The molecule has 0 aliphatic heterocycles. The van der Waals surface area contributed by atoms with Gasteiger partial charge in [-0.15, -0.1) is 0 Å². The normalized spacial score (nSPS) is 12.8. The minimum absolute atomic E-state index is 0.0483. The van der Waals surface area contributed by atoms with Gasteiger partial charge in [-0.3, -0.25) is 4.40 Å². The Kier molecular flexibility index (Phi) is 3.62. The quantitative estimate of drug-likeness (QED) is 0.489. The first kappa shape index (κ1) is 17.0. The number of fused-ring (bicyclic) bond motifs is 3. The van der Waals surface area contributed by atoms with E-state index in [1.165, 1.54) is 0 Å². The lowest BCUT2D eigenvalue weighted by Crippen LogP contribution is -2.14. The molecule has 0 aliphatic carbocycles. The van der Waals surface area contributed by atoms with Crippen molar-refractivity contribution >= 4 is 22.6 Å². The van der Waals surface area contributed by atoms with Crippen LogP contribution in [0.15, 0.2) is 24.4 Å². The third-order valence-electron chi connectivity index (χ3n) is 3.39. The summed E-state index contributed by atoms with van der Waals surface area (Å²) in [7, 11) is 1.06. The van der Waals surface area contributed by atoms with Crippen LogP contribution in [-0.2, 0) is 17.1 Å². The molecule has 3 aromatic heterocycles. The average molecular weight is 363 g/mol. The number of rotatable bonds is 1. The molecule has 0 N–H and O–H groups in total. The summed E-state index contributed by atoms with van der Waals surface area (Å²) in [6, 6.07) is 2.04. The molecule has 0 radical (unpaired) electrons. The molecule has 0 saturated heterocycles. The molecule has 25 heavy (non-hydrogen) atoms. The minimum Gasteiger partial charge on any atom is -0.464 e. The third-order valence-corrected chi connectivity index (χ3v) is 3.39. The van der Waals surface area contributed by atoms with Gasteiger partial charge in [0, 0.05) is 11.6 Å². The molecule has 0 aliphatic rings. The van der Waals surface area contributed by atoms with Gasteiger partial charge in [0.1, 0.15) is 17.0 Å². The van der Waals surface area contributed by atoms with Gasteiger partial charge in [-0.2, -0.15) is 26.3 Å². The lowest BCUT2D eigenvalue weighted by atomic mass is 10.1. The van der Waals surface area contributed by atoms with Crippen molar-refractivity contribution in [2.24, 2.45) is 0 Å². The lowest BCUT2D eigenvalue weighted by molar-refractivity contribution is -0.144. The fourth-order valence-electron chi connectivity index (χ4n) is 2.31. The van der Waals surface area contributed by atoms with Gasteiger partial charge in [-0.05, 0) is 18.2 Å². The summed E-state index contributed by atoms with van der Waals surface area (Å²) >= 11 is 0. The van der Waals surface area contributed by atoms with Gasteiger partial charge in [-0.1, -0.05) is 0 Å². The second-order valence-corrected chi connectivity index (χ2v) is 4.97. The summed E-state index contributed by atoms with van der Waals surface area (Å²) in [5.74, 6) is -0.889. The van der Waals surface area contributed by atoms with Crippen LogP contribution in [0.2, 0.25) is 0 Å². The van der Waals surface area contributed by atoms with Gasteiger partial charge in [0.2, 0.25) is 0 Å². The molecule has 0 fully saturated rings. The van der Waals surface area contributed by atoms with E-state index in [4.69, 9.17) is 0 Å². The fourth-order valence-corrected chi connectivity index (χ4v) is 2.31. The number of methoxy groups -OCH3 is 1. The first-order chi connectivity index (χ1) is 11.5. The minimum atomic E-state index is -5.08. The summed E-state index contributed by atoms with van der Waals surface area (Å²) in [4.78, 5) is 18.6. The fraction of sp³-hybridized carbons (Fsp3) is 0.214. The summed E-state index contributed by atoms with van der Waals surface area (Å²) in [6.45, 7) is 0. The molecule has 0 amide bonds. The molecular formula is C14H7F6N3O2. The van der Waals surface area contributed by atoms with Gasteiger partial charge in [0.25, 0.3) is 0 Å². The van der Waals surface area contributed by atoms with E-state index in [-0.39, 0.29) is 17.4 Å². The summed E-state index contributed by atoms with van der Waals surface area (Å²) in [6.07, 6.45) is -9.14. The summed E-state index contributed by atoms with van der Waals surface area (Å²) in [5, 5.41) is -0.554. The Morgan fingerprint density at radius 3 is 2.32 bits per heavy atom. The maximum atomic E-state index is 13.2. The van der Waals surface area contributed by atoms with Crippen LogP contribution in [0.5, 0.6) is 0 Å². The number of pyridine rings is 2. The second kappa shape index (κ2) is 5.33. The van der Waals surface area contributed by atoms with Crippen molar-refractivity contribution in [3.63, 3.8) is 0 Å². The molecule has 0 atom stereocenters. The molecule has 0 bridgehead atoms. The smallest absolute Gasteiger partial charge is 0.433 e. The molecule has 3 rings (SSSR count). The SMILES string of the molecule is COC(=O)c1cn2c(ccc3c(C(F)(F)F)cc(C(F)(F)F)nc32)n1. The number of imidazole rings is 1. The van der Waals surface area contributed by atoms with Crippen molar-refractivity contribution in [2.45, 2.75) is 12.4 Å². The number of hydrogen-bond donors (Lipinski definition) is 0. The number of ether oxygens (including phenoxy) is 1. The number of nitrogens with zero attached hydrogens (tertiary/aromatic N) is 3. The van der Waals surface area contributed by atoms with Gasteiger partial charge >= 0.3 is 18.3 Å². The number of carbonyl (C=O) groups is 1. The number of alkyl halides is 6. The van der Waals surface area contributed by atoms with Crippen molar-refractivity contribution in [1.29, 1.82) is 0 Å². The number of hydrogen-bond acceptors (Lipinski definition) is 4. The number of carbonyl (C=O) groups excluding carboxylic acids is 1. The topological polar surface area (TPSA) is 56.5 Å². The number of halogens is 6. The standard InChI is InChI=1S/C14H7F6N3O2/c1-25-12(24)8-5-23-10(21-8)3-2-6-7(13(15,16)17)4-9(14(18,19)20)22-11(6)23/h2-5H,1H3. The predicted molar refractivity (Wildman–Crippen MR) is 71.8 cm³/mol. The Bertz CT molecular complexity index is 990. The Hall–Kier alpha value is -2.85. The first-order valence-corrected chi connectivity index (χ1v) is 6.58. The molecule has 0 unspecified atom stereocenters. The van der Waals surface area contributed by atoms with Gasteiger partial charge in [-0.25, -0.2) is 14.8 Å². The van der Waals surface area contributed by atoms with E-state index >= 15 is 0 Å². The Morgan fingerprint density at radius 2 is 1.76 bits per heavy atom. The molecule has 11 heteroatoms. The van der Waals surface area contributed by atoms with Crippen LogP contribution in [0.25, 0.3) is 16.7 Å². The highest BCUT2D eigenvalue weighted by Crippen LogP contribution is 2.38. The van der Waals surface area contributed by atoms with Gasteiger partial charge < -0.3 is 4.74 Å². The molecule has 0 saturated carbocycles. The Labute approximate surface area is 134 Å². The van der Waals surface area contributed by atoms with E-state index in [2.05, 4.69) is 14.7 Å². The zero-order valence-corrected chi connectivity index (χ0v) is 12.2. The van der Waals surface area contributed by atoms with Crippen LogP contribution < -0.4 is 0 Å². The highest BCUT2D eigenvalue weighted by molar-refractivity contribution is 5.89. The molecule has 0 spiro atoms. The van der Waals surface area contributed by atoms with Crippen LogP contribution in [0.4, 0.5) is 26.3 Å². The molecular weight excluding hydrogens is 356 g/mol. The molecule has 0 aromatic carbocycles. The zero-order chi connectivity index (χ0) is 18.6. The van der Waals surface area contributed by atoms with Crippen molar-refractivity contribution in [1.82, 2.24) is 14.4 Å². The lowest BCUT2D eigenvalue weighted by Gasteiger charge is -2.14. The van der Waals surface area contributed by atoms with Crippen molar-refractivity contribution < 1.29 is 35.9 Å². The molecule has 5 nitrogen and oxygen atoms in total. The van der Waals surface area contributed by atoms with E-state index in [1.54, 1.807) is 0 Å². The highest BCUT2D eigenvalue weighted by Gasteiger charge is 2.39. The molecule has 3 aromatic rings. The van der Waals surface area contributed by atoms with Gasteiger partial charge in [0.05, 0.1) is 12.7 Å². The largest absolute Gasteiger partial charge is 0.464 e. The second-order valence-electron chi connectivity index (χ2n) is 4.97. The third kappa shape index (κ3) is 2.85. The maximum absolute atomic E-state index is 13.2. The van der Waals surface area contributed by atoms with Crippen LogP contribution in [0.1, 0.15) is 21.7 Å². The van der Waals surface area contributed by atoms with E-state index in [0.717, 1.165) is 29.8 Å². The van der Waals surface area contributed by atoms with Crippen LogP contribution in [-0.4, -0.2) is 27.4 Å². The van der Waals surface area contributed by atoms with Crippen molar-refractivity contribution in [3.05, 3.63) is 41.3 Å². The number of aromatic nitrogens is 3. The number of esters is 1. The summed E-state index contributed by atoms with van der Waals surface area (Å²) in [5.41, 5.74) is -4.13. The van der Waals surface area contributed by atoms with E-state index in [0.29, 0.717) is 0 Å². The van der Waals surface area contributed by atoms with Crippen LogP contribution >= 0.6 is 0 Å². The van der Waals surface area contributed by atoms with Gasteiger partial charge in [0.15, 0.2) is 5.69 Å². The van der Waals surface area contributed by atoms with E-state index in [9.17, 15) is 31.1 Å². The average Bonchev–Trinajstić information content (AvgIpc) is 2.95. The van der Waals surface area contributed by atoms with Crippen molar-refractivity contribution in [3.8, 4) is 0 Å². The van der Waals surface area contributed by atoms with E-state index < -0.39 is 40.6 Å². The Balaban J connectivity index is 2.43. The Morgan fingerprint density at radius 1 is 1.08 bits per heavy atom. The highest BCUT2D eigenvalue weighted by atomic mass is 19.4. The zero-order valence-electron chi connectivity index (χ0n) is 12.2. The van der Waals surface area contributed by atoms with Crippen molar-refractivity contribution in [2.75, 3.05) is 7.11 Å². The predicted octanol–water partition coefficient (Wildman–Crippen LogP) is 3.71.